The molecule has 2 aromatic rings. The Morgan fingerprint density at radius 1 is 1.07 bits per heavy atom. The van der Waals surface area contributed by atoms with Gasteiger partial charge in [0.05, 0.1) is 15.5 Å². The van der Waals surface area contributed by atoms with E-state index in [0.717, 1.165) is 30.8 Å². The summed E-state index contributed by atoms with van der Waals surface area (Å²) < 4.78 is 65.8. The van der Waals surface area contributed by atoms with E-state index in [1.807, 2.05) is 18.2 Å². The average molecular weight is 434 g/mol. The first-order valence-corrected chi connectivity index (χ1v) is 10.5. The third-order valence-corrected chi connectivity index (χ3v) is 6.85. The smallest absolute Gasteiger partial charge is 0.300 e. The van der Waals surface area contributed by atoms with Crippen LogP contribution in [0.25, 0.3) is 0 Å². The summed E-state index contributed by atoms with van der Waals surface area (Å²) in [6, 6.07) is 8.37. The molecule has 0 spiro atoms. The summed E-state index contributed by atoms with van der Waals surface area (Å²) in [5.41, 5.74) is -0.192. The topological polar surface area (TPSA) is 53.5 Å². The maximum Gasteiger partial charge on any atom is 0.417 e. The van der Waals surface area contributed by atoms with Gasteiger partial charge in [-0.1, -0.05) is 17.7 Å². The molecule has 0 amide bonds. The van der Waals surface area contributed by atoms with Crippen LogP contribution in [0.2, 0.25) is 5.02 Å². The summed E-state index contributed by atoms with van der Waals surface area (Å²) in [7, 11) is -4.02. The lowest BCUT2D eigenvalue weighted by molar-refractivity contribution is -0.137. The standard InChI is InChI=1S/C18H19ClF3N3O2S/c19-17-5-4-15(13-16(17)18(20,21)22)28(26,27)25-11-9-24(10-12-25)8-6-14-3-1-2-7-23-14/h1-5,7,13H,6,8-12H2. The highest BCUT2D eigenvalue weighted by Crippen LogP contribution is 2.36. The Kier molecular flexibility index (Phi) is 6.28. The normalized spacial score (nSPS) is 17.0. The molecule has 1 aromatic heterocycles. The van der Waals surface area contributed by atoms with E-state index in [1.54, 1.807) is 6.20 Å². The molecule has 0 aliphatic carbocycles. The molecule has 0 atom stereocenters. The first kappa shape index (κ1) is 21.0. The first-order valence-electron chi connectivity index (χ1n) is 8.67. The highest BCUT2D eigenvalue weighted by atomic mass is 35.5. The monoisotopic (exact) mass is 433 g/mol. The summed E-state index contributed by atoms with van der Waals surface area (Å²) in [6.07, 6.45) is -2.24. The zero-order chi connectivity index (χ0) is 20.4. The van der Waals surface area contributed by atoms with Crippen molar-refractivity contribution in [1.29, 1.82) is 0 Å². The first-order chi connectivity index (χ1) is 13.2. The second kappa shape index (κ2) is 8.36. The fourth-order valence-electron chi connectivity index (χ4n) is 3.04. The van der Waals surface area contributed by atoms with Crippen molar-refractivity contribution >= 4 is 21.6 Å². The number of rotatable bonds is 5. The minimum absolute atomic E-state index is 0.217. The van der Waals surface area contributed by atoms with Crippen molar-refractivity contribution in [1.82, 2.24) is 14.2 Å². The molecule has 1 saturated heterocycles. The second-order valence-electron chi connectivity index (χ2n) is 6.46. The molecule has 2 heterocycles. The van der Waals surface area contributed by atoms with E-state index in [-0.39, 0.29) is 13.1 Å². The predicted octanol–water partition coefficient (Wildman–Crippen LogP) is 3.30. The highest BCUT2D eigenvalue weighted by Gasteiger charge is 2.36. The van der Waals surface area contributed by atoms with Crippen molar-refractivity contribution < 1.29 is 21.6 Å². The van der Waals surface area contributed by atoms with Gasteiger partial charge in [-0.3, -0.25) is 4.98 Å². The maximum absolute atomic E-state index is 13.0. The largest absolute Gasteiger partial charge is 0.417 e. The number of halogens is 4. The van der Waals surface area contributed by atoms with Crippen LogP contribution in [0.1, 0.15) is 11.3 Å². The molecule has 152 valence electrons. The molecule has 1 aromatic carbocycles. The molecule has 1 aliphatic rings. The van der Waals surface area contributed by atoms with Crippen molar-refractivity contribution in [2.24, 2.45) is 0 Å². The molecule has 0 radical (unpaired) electrons. The molecular formula is C18H19ClF3N3O2S. The van der Waals surface area contributed by atoms with Crippen molar-refractivity contribution in [2.75, 3.05) is 32.7 Å². The van der Waals surface area contributed by atoms with Crippen LogP contribution in [0.5, 0.6) is 0 Å². The Labute approximate surface area is 166 Å². The van der Waals surface area contributed by atoms with Crippen LogP contribution in [0.15, 0.2) is 47.5 Å². The molecule has 0 bridgehead atoms. The minimum atomic E-state index is -4.72. The molecular weight excluding hydrogens is 415 g/mol. The van der Waals surface area contributed by atoms with E-state index in [0.29, 0.717) is 19.2 Å². The van der Waals surface area contributed by atoms with Gasteiger partial charge in [-0.05, 0) is 30.3 Å². The summed E-state index contributed by atoms with van der Waals surface area (Å²) in [4.78, 5) is 5.97. The molecule has 1 aliphatic heterocycles. The van der Waals surface area contributed by atoms with Gasteiger partial charge in [0.1, 0.15) is 0 Å². The number of alkyl halides is 3. The van der Waals surface area contributed by atoms with E-state index in [9.17, 15) is 21.6 Å². The molecule has 28 heavy (non-hydrogen) atoms. The van der Waals surface area contributed by atoms with Crippen LogP contribution in [0.4, 0.5) is 13.2 Å². The average Bonchev–Trinajstić information content (AvgIpc) is 2.67. The Bertz CT molecular complexity index is 915. The predicted molar refractivity (Wildman–Crippen MR) is 99.6 cm³/mol. The van der Waals surface area contributed by atoms with Gasteiger partial charge in [-0.25, -0.2) is 8.42 Å². The third kappa shape index (κ3) is 4.83. The van der Waals surface area contributed by atoms with Gasteiger partial charge in [0, 0.05) is 51.0 Å². The van der Waals surface area contributed by atoms with E-state index in [1.165, 1.54) is 4.31 Å². The van der Waals surface area contributed by atoms with Gasteiger partial charge < -0.3 is 4.90 Å². The van der Waals surface area contributed by atoms with E-state index in [2.05, 4.69) is 9.88 Å². The van der Waals surface area contributed by atoms with Gasteiger partial charge in [0.15, 0.2) is 0 Å². The summed E-state index contributed by atoms with van der Waals surface area (Å²) in [6.45, 7) is 2.19. The lowest BCUT2D eigenvalue weighted by Crippen LogP contribution is -2.49. The van der Waals surface area contributed by atoms with Gasteiger partial charge in [-0.15, -0.1) is 0 Å². The van der Waals surface area contributed by atoms with Crippen molar-refractivity contribution in [3.05, 3.63) is 58.9 Å². The number of piperazine rings is 1. The zero-order valence-corrected chi connectivity index (χ0v) is 16.4. The molecule has 1 fully saturated rings. The zero-order valence-electron chi connectivity index (χ0n) is 14.9. The fraction of sp³-hybridized carbons (Fsp3) is 0.389. The highest BCUT2D eigenvalue weighted by molar-refractivity contribution is 7.89. The molecule has 0 saturated carbocycles. The number of benzene rings is 1. The van der Waals surface area contributed by atoms with Gasteiger partial charge in [0.2, 0.25) is 10.0 Å². The molecule has 3 rings (SSSR count). The van der Waals surface area contributed by atoms with E-state index >= 15 is 0 Å². The molecule has 10 heteroatoms. The fourth-order valence-corrected chi connectivity index (χ4v) is 4.72. The number of aromatic nitrogens is 1. The summed E-state index contributed by atoms with van der Waals surface area (Å²) >= 11 is 5.58. The Hall–Kier alpha value is -1.68. The van der Waals surface area contributed by atoms with Crippen LogP contribution >= 0.6 is 11.6 Å². The molecule has 5 nitrogen and oxygen atoms in total. The second-order valence-corrected chi connectivity index (χ2v) is 8.80. The molecule has 0 unspecified atom stereocenters. The van der Waals surface area contributed by atoms with Crippen LogP contribution in [-0.4, -0.2) is 55.3 Å². The van der Waals surface area contributed by atoms with Gasteiger partial charge >= 0.3 is 6.18 Å². The quantitative estimate of drug-likeness (QED) is 0.726. The van der Waals surface area contributed by atoms with Crippen molar-refractivity contribution in [2.45, 2.75) is 17.5 Å². The van der Waals surface area contributed by atoms with Crippen molar-refractivity contribution in [3.8, 4) is 0 Å². The molecule has 0 N–H and O–H groups in total. The number of sulfonamides is 1. The van der Waals surface area contributed by atoms with E-state index in [4.69, 9.17) is 11.6 Å². The summed E-state index contributed by atoms with van der Waals surface area (Å²) in [5.74, 6) is 0. The van der Waals surface area contributed by atoms with Crippen LogP contribution in [-0.2, 0) is 22.6 Å². The van der Waals surface area contributed by atoms with E-state index < -0.39 is 31.7 Å². The third-order valence-electron chi connectivity index (χ3n) is 4.62. The minimum Gasteiger partial charge on any atom is -0.300 e. The van der Waals surface area contributed by atoms with Gasteiger partial charge in [0.25, 0.3) is 0 Å². The Morgan fingerprint density at radius 2 is 1.79 bits per heavy atom. The summed E-state index contributed by atoms with van der Waals surface area (Å²) in [5, 5.41) is -0.522. The van der Waals surface area contributed by atoms with Crippen molar-refractivity contribution in [3.63, 3.8) is 0 Å². The lowest BCUT2D eigenvalue weighted by atomic mass is 10.2. The Balaban J connectivity index is 1.65. The SMILES string of the molecule is O=S(=O)(c1ccc(Cl)c(C(F)(F)F)c1)N1CCN(CCc2ccccn2)CC1. The lowest BCUT2D eigenvalue weighted by Gasteiger charge is -2.34. The maximum atomic E-state index is 13.0. The van der Waals surface area contributed by atoms with Gasteiger partial charge in [-0.2, -0.15) is 17.5 Å². The number of hydrogen-bond donors (Lipinski definition) is 0. The number of pyridine rings is 1. The number of hydrogen-bond acceptors (Lipinski definition) is 4. The van der Waals surface area contributed by atoms with Crippen LogP contribution in [0, 0.1) is 0 Å². The van der Waals surface area contributed by atoms with Crippen LogP contribution < -0.4 is 0 Å². The van der Waals surface area contributed by atoms with Crippen LogP contribution in [0.3, 0.4) is 0 Å². The Morgan fingerprint density at radius 3 is 2.39 bits per heavy atom. The number of nitrogens with zero attached hydrogens (tertiary/aromatic N) is 3.